The highest BCUT2D eigenvalue weighted by Crippen LogP contribution is 2.36. The monoisotopic (exact) mass is 327 g/mol. The molecule has 1 heterocycles. The highest BCUT2D eigenvalue weighted by Gasteiger charge is 2.33. The van der Waals surface area contributed by atoms with Crippen LogP contribution in [0.25, 0.3) is 0 Å². The van der Waals surface area contributed by atoms with Crippen LogP contribution in [0.2, 0.25) is 0 Å². The van der Waals surface area contributed by atoms with Gasteiger partial charge in [0.25, 0.3) is 0 Å². The fraction of sp³-hybridized carbons (Fsp3) is 0.400. The number of alkyl halides is 3. The second-order valence-electron chi connectivity index (χ2n) is 3.96. The van der Waals surface area contributed by atoms with Gasteiger partial charge in [0.05, 0.1) is 17.1 Å². The van der Waals surface area contributed by atoms with Crippen molar-refractivity contribution in [1.29, 1.82) is 0 Å². The van der Waals surface area contributed by atoms with Gasteiger partial charge in [-0.2, -0.15) is 17.4 Å². The van der Waals surface area contributed by atoms with E-state index >= 15 is 0 Å². The highest BCUT2D eigenvalue weighted by molar-refractivity contribution is 7.75. The normalized spacial score (nSPS) is 22.2. The van der Waals surface area contributed by atoms with Gasteiger partial charge in [-0.25, -0.2) is 0 Å². The van der Waals surface area contributed by atoms with Gasteiger partial charge in [-0.1, -0.05) is 0 Å². The molecule has 0 bridgehead atoms. The minimum Gasteiger partial charge on any atom is -0.484 e. The van der Waals surface area contributed by atoms with Gasteiger partial charge in [-0.05, 0) is 12.1 Å². The molecule has 7 nitrogen and oxygen atoms in total. The fourth-order valence-electron chi connectivity index (χ4n) is 1.52. The largest absolute Gasteiger partial charge is 0.484 e. The fourth-order valence-corrected chi connectivity index (χ4v) is 2.17. The first-order valence-corrected chi connectivity index (χ1v) is 6.48. The molecule has 2 rings (SSSR count). The molecule has 0 radical (unpaired) electrons. The third-order valence-corrected chi connectivity index (χ3v) is 3.23. The minimum absolute atomic E-state index is 0.0406. The smallest absolute Gasteiger partial charge is 0.416 e. The lowest BCUT2D eigenvalue weighted by molar-refractivity contribution is -0.386. The molecule has 1 aromatic carbocycles. The Morgan fingerprint density at radius 2 is 2.19 bits per heavy atom. The molecule has 116 valence electrons. The summed E-state index contributed by atoms with van der Waals surface area (Å²) in [7, 11) is 0. The zero-order valence-electron chi connectivity index (χ0n) is 10.2. The van der Waals surface area contributed by atoms with Gasteiger partial charge in [0.1, 0.15) is 12.7 Å². The second-order valence-corrected chi connectivity index (χ2v) is 4.79. The lowest BCUT2D eigenvalue weighted by Gasteiger charge is -2.11. The second kappa shape index (κ2) is 5.95. The molecular formula is C10H8F3NO6S. The molecule has 2 atom stereocenters. The van der Waals surface area contributed by atoms with Gasteiger partial charge >= 0.3 is 23.2 Å². The molecule has 0 saturated carbocycles. The lowest BCUT2D eigenvalue weighted by Crippen LogP contribution is -2.20. The van der Waals surface area contributed by atoms with E-state index in [1.807, 2.05) is 0 Å². The molecular weight excluding hydrogens is 319 g/mol. The summed E-state index contributed by atoms with van der Waals surface area (Å²) in [6, 6.07) is 1.92. The van der Waals surface area contributed by atoms with Crippen LogP contribution in [-0.4, -0.2) is 28.4 Å². The van der Waals surface area contributed by atoms with E-state index in [-0.39, 0.29) is 19.0 Å². The maximum absolute atomic E-state index is 12.5. The number of hydrogen-bond acceptors (Lipinski definition) is 6. The molecule has 1 fully saturated rings. The van der Waals surface area contributed by atoms with Crippen LogP contribution in [0.3, 0.4) is 0 Å². The number of ether oxygens (including phenoxy) is 1. The van der Waals surface area contributed by atoms with Gasteiger partial charge in [-0.3, -0.25) is 18.5 Å². The first kappa shape index (κ1) is 15.7. The van der Waals surface area contributed by atoms with Crippen LogP contribution in [-0.2, 0) is 25.9 Å². The summed E-state index contributed by atoms with van der Waals surface area (Å²) >= 11 is -1.90. The van der Waals surface area contributed by atoms with Crippen LogP contribution < -0.4 is 4.74 Å². The zero-order chi connectivity index (χ0) is 15.6. The first-order chi connectivity index (χ1) is 9.77. The summed E-state index contributed by atoms with van der Waals surface area (Å²) in [5.74, 6) is -0.339. The molecule has 1 aliphatic heterocycles. The average molecular weight is 327 g/mol. The zero-order valence-corrected chi connectivity index (χ0v) is 11.0. The number of rotatable bonds is 4. The van der Waals surface area contributed by atoms with Crippen molar-refractivity contribution in [3.63, 3.8) is 0 Å². The maximum Gasteiger partial charge on any atom is 0.416 e. The highest BCUT2D eigenvalue weighted by atomic mass is 32.2. The van der Waals surface area contributed by atoms with Crippen molar-refractivity contribution in [3.05, 3.63) is 33.9 Å². The molecule has 1 aromatic rings. The number of halogens is 3. The predicted molar refractivity (Wildman–Crippen MR) is 62.6 cm³/mol. The minimum atomic E-state index is -4.69. The van der Waals surface area contributed by atoms with Crippen molar-refractivity contribution in [2.75, 3.05) is 13.2 Å². The molecule has 0 amide bonds. The van der Waals surface area contributed by atoms with Crippen molar-refractivity contribution >= 4 is 17.0 Å². The third kappa shape index (κ3) is 3.89. The van der Waals surface area contributed by atoms with Crippen molar-refractivity contribution in [2.45, 2.75) is 12.3 Å². The van der Waals surface area contributed by atoms with Crippen LogP contribution in [0.15, 0.2) is 18.2 Å². The quantitative estimate of drug-likeness (QED) is 0.621. The molecule has 21 heavy (non-hydrogen) atoms. The van der Waals surface area contributed by atoms with E-state index in [1.165, 1.54) is 0 Å². The van der Waals surface area contributed by atoms with Gasteiger partial charge in [0, 0.05) is 6.07 Å². The summed E-state index contributed by atoms with van der Waals surface area (Å²) in [6.07, 6.45) is -5.41. The molecule has 11 heteroatoms. The Balaban J connectivity index is 2.15. The Kier molecular flexibility index (Phi) is 4.44. The average Bonchev–Trinajstić information content (AvgIpc) is 2.80. The van der Waals surface area contributed by atoms with Crippen molar-refractivity contribution < 1.29 is 35.4 Å². The molecule has 0 unspecified atom stereocenters. The van der Waals surface area contributed by atoms with E-state index in [9.17, 15) is 27.5 Å². The standard InChI is InChI=1S/C10H8F3NO6S/c11-10(12,13)6-1-2-9(8(3-6)14(15)16)18-4-7-5-19-21(17)20-7/h1-3,7H,4-5H2/t7-,21-/m1/s1. The summed E-state index contributed by atoms with van der Waals surface area (Å²) in [5.41, 5.74) is -1.96. The molecule has 0 aliphatic carbocycles. The molecule has 1 saturated heterocycles. The van der Waals surface area contributed by atoms with E-state index < -0.39 is 39.8 Å². The van der Waals surface area contributed by atoms with E-state index in [4.69, 9.17) is 8.92 Å². The lowest BCUT2D eigenvalue weighted by atomic mass is 10.2. The Labute approximate surface area is 118 Å². The van der Waals surface area contributed by atoms with Gasteiger partial charge in [0.15, 0.2) is 5.75 Å². The Bertz CT molecular complexity index is 578. The van der Waals surface area contributed by atoms with E-state index in [2.05, 4.69) is 4.18 Å². The predicted octanol–water partition coefficient (Wildman–Crippen LogP) is 1.99. The Morgan fingerprint density at radius 1 is 1.48 bits per heavy atom. The first-order valence-electron chi connectivity index (χ1n) is 5.48. The summed E-state index contributed by atoms with van der Waals surface area (Å²) in [5, 5.41) is 10.8. The molecule has 1 aliphatic rings. The SMILES string of the molecule is O=[N+]([O-])c1cc(C(F)(F)F)ccc1OC[C@@H]1CO[S@@](=O)O1. The van der Waals surface area contributed by atoms with Gasteiger partial charge in [0.2, 0.25) is 0 Å². The number of nitro groups is 1. The van der Waals surface area contributed by atoms with Gasteiger partial charge < -0.3 is 4.74 Å². The van der Waals surface area contributed by atoms with Crippen LogP contribution >= 0.6 is 0 Å². The Morgan fingerprint density at radius 3 is 2.71 bits per heavy atom. The summed E-state index contributed by atoms with van der Waals surface area (Å²) < 4.78 is 62.7. The van der Waals surface area contributed by atoms with E-state index in [0.29, 0.717) is 12.1 Å². The Hall–Kier alpha value is -1.72. The number of benzene rings is 1. The molecule has 0 spiro atoms. The van der Waals surface area contributed by atoms with Crippen LogP contribution in [0.4, 0.5) is 18.9 Å². The number of nitrogens with zero attached hydrogens (tertiary/aromatic N) is 1. The maximum atomic E-state index is 12.5. The van der Waals surface area contributed by atoms with Crippen LogP contribution in [0.1, 0.15) is 5.56 Å². The number of nitro benzene ring substituents is 1. The molecule has 0 aromatic heterocycles. The summed E-state index contributed by atoms with van der Waals surface area (Å²) in [4.78, 5) is 9.83. The van der Waals surface area contributed by atoms with E-state index in [1.54, 1.807) is 0 Å². The van der Waals surface area contributed by atoms with Crippen LogP contribution in [0.5, 0.6) is 5.75 Å². The van der Waals surface area contributed by atoms with Crippen LogP contribution in [0, 0.1) is 10.1 Å². The van der Waals surface area contributed by atoms with Crippen molar-refractivity contribution in [2.24, 2.45) is 0 Å². The third-order valence-electron chi connectivity index (χ3n) is 2.47. The van der Waals surface area contributed by atoms with Gasteiger partial charge in [-0.15, -0.1) is 0 Å². The molecule has 0 N–H and O–H groups in total. The summed E-state index contributed by atoms with van der Waals surface area (Å²) in [6.45, 7) is -0.279. The van der Waals surface area contributed by atoms with Crippen molar-refractivity contribution in [1.82, 2.24) is 0 Å². The number of hydrogen-bond donors (Lipinski definition) is 0. The van der Waals surface area contributed by atoms with E-state index in [0.717, 1.165) is 6.07 Å². The topological polar surface area (TPSA) is 87.9 Å². The van der Waals surface area contributed by atoms with Crippen molar-refractivity contribution in [3.8, 4) is 5.75 Å².